The Morgan fingerprint density at radius 1 is 0.571 bits per heavy atom. The minimum Gasteiger partial charge on any atom is -0.102 e. The lowest BCUT2D eigenvalue weighted by Gasteiger charge is -2.37. The Hall–Kier alpha value is 6.02. The van der Waals surface area contributed by atoms with Crippen LogP contribution in [0.2, 0.25) is 0 Å². The average Bonchev–Trinajstić information content (AvgIpc) is 1.96. The zero-order valence-corrected chi connectivity index (χ0v) is 21.4. The molecule has 0 fully saturated rings. The standard InChI is InChI=1S/H14P14/c1-9(2)13(10(3)4)14(11(5)6)12(7)8/h1-2H,3-8H2. The van der Waals surface area contributed by atoms with Crippen LogP contribution < -0.4 is 0 Å². The summed E-state index contributed by atoms with van der Waals surface area (Å²) in [6.45, 7) is 0.238. The van der Waals surface area contributed by atoms with E-state index in [1.165, 1.54) is 0 Å². The summed E-state index contributed by atoms with van der Waals surface area (Å²) in [6.07, 6.45) is 0. The SMILES string of the molecule is [PH]P([PH])P(P(P)P)P(P(P)P)P(P)P. The molecule has 14 heavy (non-hydrogen) atoms. The van der Waals surface area contributed by atoms with Gasteiger partial charge in [0.05, 0.1) is 0 Å². The van der Waals surface area contributed by atoms with Gasteiger partial charge in [0.2, 0.25) is 0 Å². The van der Waals surface area contributed by atoms with Crippen LogP contribution in [-0.2, 0) is 0 Å². The van der Waals surface area contributed by atoms with Crippen LogP contribution in [0.4, 0.5) is 0 Å². The molecule has 0 aromatic heterocycles. The van der Waals surface area contributed by atoms with E-state index >= 15 is 0 Å². The highest BCUT2D eigenvalue weighted by Crippen LogP contribution is 3.21. The summed E-state index contributed by atoms with van der Waals surface area (Å²) in [5.41, 5.74) is 0. The molecule has 0 aromatic rings. The minimum absolute atomic E-state index is 0.0300. The Labute approximate surface area is 113 Å². The van der Waals surface area contributed by atoms with Crippen molar-refractivity contribution >= 4 is 113 Å². The Morgan fingerprint density at radius 3 is 0.929 bits per heavy atom. The van der Waals surface area contributed by atoms with Gasteiger partial charge in [-0.1, -0.05) is 17.9 Å². The van der Waals surface area contributed by atoms with E-state index < -0.39 is 0 Å². The summed E-state index contributed by atoms with van der Waals surface area (Å²) in [6, 6.07) is 0. The Bertz CT molecular complexity index is 108. The second kappa shape index (κ2) is 10.7. The molecule has 14 heteroatoms. The Balaban J connectivity index is 4.74. The van der Waals surface area contributed by atoms with Crippen LogP contribution in [0.25, 0.3) is 0 Å². The average molecular weight is 448 g/mol. The van der Waals surface area contributed by atoms with E-state index in [1.807, 2.05) is 0 Å². The van der Waals surface area contributed by atoms with Crippen molar-refractivity contribution in [3.63, 3.8) is 0 Å². The molecular formula is H14P14. The first-order valence-electron chi connectivity index (χ1n) is 3.00. The summed E-state index contributed by atoms with van der Waals surface area (Å²) in [5.74, 6) is 0. The molecule has 0 rings (SSSR count). The monoisotopic (exact) mass is 448 g/mol. The van der Waals surface area contributed by atoms with E-state index in [2.05, 4.69) is 71.4 Å². The van der Waals surface area contributed by atoms with Crippen molar-refractivity contribution in [1.29, 1.82) is 0 Å². The van der Waals surface area contributed by atoms with Crippen LogP contribution in [0.3, 0.4) is 0 Å². The Morgan fingerprint density at radius 2 is 0.857 bits per heavy atom. The first kappa shape index (κ1) is 20.0. The minimum atomic E-state index is -0.137. The third kappa shape index (κ3) is 7.71. The zero-order valence-electron chi connectivity index (χ0n) is 7.15. The summed E-state index contributed by atoms with van der Waals surface area (Å²) in [7, 11) is 25.8. The first-order valence-corrected chi connectivity index (χ1v) is 27.0. The fraction of sp³-hybridized carbons (Fsp3) is 0. The second-order valence-electron chi connectivity index (χ2n) is 1.99. The maximum absolute atomic E-state index is 3.83. The van der Waals surface area contributed by atoms with Gasteiger partial charge >= 0.3 is 0 Å². The van der Waals surface area contributed by atoms with Gasteiger partial charge in [0.1, 0.15) is 0 Å². The van der Waals surface area contributed by atoms with Gasteiger partial charge in [-0.3, -0.25) is 0 Å². The van der Waals surface area contributed by atoms with Gasteiger partial charge in [0, 0.05) is 0 Å². The molecule has 0 amide bonds. The van der Waals surface area contributed by atoms with Gasteiger partial charge in [0.15, 0.2) is 0 Å². The lowest BCUT2D eigenvalue weighted by molar-refractivity contribution is 4.58. The quantitative estimate of drug-likeness (QED) is 0.372. The van der Waals surface area contributed by atoms with Crippen molar-refractivity contribution < 1.29 is 0 Å². The molecule has 0 heterocycles. The lowest BCUT2D eigenvalue weighted by Crippen LogP contribution is -1.48. The predicted molar refractivity (Wildman–Crippen MR) is 116 cm³/mol. The molecule has 0 N–H and O–H groups in total. The molecule has 0 aliphatic rings. The molecule has 0 aliphatic heterocycles. The number of rotatable bonds is 5. The van der Waals surface area contributed by atoms with Gasteiger partial charge < -0.3 is 0 Å². The molecule has 84 valence electrons. The van der Waals surface area contributed by atoms with E-state index in [9.17, 15) is 0 Å². The van der Waals surface area contributed by atoms with Crippen molar-refractivity contribution in [1.82, 2.24) is 0 Å². The highest BCUT2D eigenvalue weighted by molar-refractivity contribution is 9.27. The molecular weight excluding hydrogens is 434 g/mol. The van der Waals surface area contributed by atoms with Gasteiger partial charge in [-0.05, 0) is 41.9 Å². The smallest absolute Gasteiger partial charge is 0.00395 e. The van der Waals surface area contributed by atoms with Crippen molar-refractivity contribution in [2.45, 2.75) is 0 Å². The summed E-state index contributed by atoms with van der Waals surface area (Å²) >= 11 is 0. The Kier molecular flexibility index (Phi) is 15.3. The molecule has 0 nitrogen and oxygen atoms in total. The fourth-order valence-corrected chi connectivity index (χ4v) is 141. The van der Waals surface area contributed by atoms with Gasteiger partial charge in [0.25, 0.3) is 0 Å². The number of hydrogen-bond acceptors (Lipinski definition) is 0. The van der Waals surface area contributed by atoms with Crippen molar-refractivity contribution in [2.24, 2.45) is 0 Å². The third-order valence-corrected chi connectivity index (χ3v) is 77.6. The van der Waals surface area contributed by atoms with E-state index in [4.69, 9.17) is 0 Å². The summed E-state index contributed by atoms with van der Waals surface area (Å²) in [5, 5.41) is 0. The molecule has 0 aliphatic carbocycles. The topological polar surface area (TPSA) is 0 Å². The largest absolute Gasteiger partial charge is 0.102 e. The van der Waals surface area contributed by atoms with Crippen molar-refractivity contribution in [3.8, 4) is 0 Å². The van der Waals surface area contributed by atoms with E-state index in [1.54, 1.807) is 0 Å². The van der Waals surface area contributed by atoms with Crippen molar-refractivity contribution in [2.75, 3.05) is 0 Å². The van der Waals surface area contributed by atoms with E-state index in [0.29, 0.717) is 0 Å². The van der Waals surface area contributed by atoms with Crippen LogP contribution in [-0.4, -0.2) is 0 Å². The maximum atomic E-state index is 3.83. The molecule has 0 aromatic carbocycles. The van der Waals surface area contributed by atoms with Crippen LogP contribution >= 0.6 is 113 Å². The predicted octanol–water partition coefficient (Wildman–Crippen LogP) is 8.31. The molecule has 2 radical (unpaired) electrons. The van der Waals surface area contributed by atoms with E-state index in [-0.39, 0.29) is 41.9 Å². The summed E-state index contributed by atoms with van der Waals surface area (Å²) < 4.78 is 0. The highest BCUT2D eigenvalue weighted by Gasteiger charge is 2.32. The normalized spacial score (nSPS) is 13.3. The van der Waals surface area contributed by atoms with Gasteiger partial charge in [-0.2, -0.15) is 0 Å². The maximum Gasteiger partial charge on any atom is -0.00395 e. The molecule has 0 bridgehead atoms. The molecule has 0 spiro atoms. The van der Waals surface area contributed by atoms with Crippen LogP contribution in [0, 0.1) is 0 Å². The molecule has 0 saturated heterocycles. The van der Waals surface area contributed by atoms with Gasteiger partial charge in [-0.25, -0.2) is 0 Å². The lowest BCUT2D eigenvalue weighted by atomic mass is 28.6. The molecule has 7 atom stereocenters. The number of hydrogen-bond donors (Lipinski definition) is 0. The first-order chi connectivity index (χ1) is 6.29. The second-order valence-corrected chi connectivity index (χ2v) is 53.7. The van der Waals surface area contributed by atoms with Crippen LogP contribution in [0.15, 0.2) is 0 Å². The molecule has 0 saturated carbocycles. The zero-order chi connectivity index (χ0) is 11.5. The van der Waals surface area contributed by atoms with Crippen LogP contribution in [0.5, 0.6) is 0 Å². The van der Waals surface area contributed by atoms with E-state index in [0.717, 1.165) is 0 Å². The van der Waals surface area contributed by atoms with Crippen molar-refractivity contribution in [3.05, 3.63) is 0 Å². The summed E-state index contributed by atoms with van der Waals surface area (Å²) in [4.78, 5) is 0. The molecule has 7 unspecified atom stereocenters. The highest BCUT2D eigenvalue weighted by atomic mass is 33.3. The fourth-order valence-electron chi connectivity index (χ4n) is 0.580. The van der Waals surface area contributed by atoms with Crippen LogP contribution in [0.1, 0.15) is 0 Å². The third-order valence-electron chi connectivity index (χ3n) is 0.959. The van der Waals surface area contributed by atoms with Gasteiger partial charge in [-0.15, -0.1) is 53.6 Å².